The number of unbranched alkanes of at least 4 members (excludes halogenated alkanes) is 1. The summed E-state index contributed by atoms with van der Waals surface area (Å²) >= 11 is 0. The molecule has 0 N–H and O–H groups in total. The molecule has 0 heterocycles. The summed E-state index contributed by atoms with van der Waals surface area (Å²) in [6.45, 7) is 12.6. The molecule has 15 heavy (non-hydrogen) atoms. The van der Waals surface area contributed by atoms with E-state index in [-0.39, 0.29) is 0 Å². The van der Waals surface area contributed by atoms with Gasteiger partial charge in [-0.1, -0.05) is 19.9 Å². The first-order chi connectivity index (χ1) is 6.90. The molecule has 0 rings (SSSR count). The van der Waals surface area contributed by atoms with Crippen molar-refractivity contribution in [1.82, 2.24) is 0 Å². The standard InChI is InChI=1S/C12H24O2Si/c1-7-8-9-12(10-13-3)11(2)14-15(4,5)6/h10H,2,7-9H2,1,3-6H3. The fourth-order valence-electron chi connectivity index (χ4n) is 1.21. The zero-order chi connectivity index (χ0) is 11.9. The minimum absolute atomic E-state index is 0.782. The van der Waals surface area contributed by atoms with Crippen LogP contribution in [0.3, 0.4) is 0 Å². The Morgan fingerprint density at radius 2 is 1.93 bits per heavy atom. The third kappa shape index (κ3) is 7.25. The molecule has 0 bridgehead atoms. The predicted octanol–water partition coefficient (Wildman–Crippen LogP) is 4.07. The van der Waals surface area contributed by atoms with Gasteiger partial charge in [-0.05, 0) is 32.5 Å². The smallest absolute Gasteiger partial charge is 0.242 e. The van der Waals surface area contributed by atoms with Gasteiger partial charge in [0.1, 0.15) is 5.76 Å². The Balaban J connectivity index is 4.37. The molecule has 0 aromatic carbocycles. The third-order valence-electron chi connectivity index (χ3n) is 1.85. The lowest BCUT2D eigenvalue weighted by Crippen LogP contribution is -2.25. The van der Waals surface area contributed by atoms with Gasteiger partial charge in [-0.25, -0.2) is 0 Å². The van der Waals surface area contributed by atoms with Gasteiger partial charge in [0.05, 0.1) is 13.4 Å². The lowest BCUT2D eigenvalue weighted by atomic mass is 10.1. The van der Waals surface area contributed by atoms with Crippen LogP contribution in [0.15, 0.2) is 24.2 Å². The third-order valence-corrected chi connectivity index (χ3v) is 2.71. The molecule has 3 heteroatoms. The first kappa shape index (κ1) is 14.3. The second kappa shape index (κ2) is 6.72. The average Bonchev–Trinajstić information content (AvgIpc) is 2.09. The van der Waals surface area contributed by atoms with Crippen LogP contribution < -0.4 is 0 Å². The molecule has 0 amide bonds. The normalized spacial score (nSPS) is 12.5. The van der Waals surface area contributed by atoms with E-state index >= 15 is 0 Å². The molecule has 88 valence electrons. The summed E-state index contributed by atoms with van der Waals surface area (Å²) in [7, 11) is 0.113. The van der Waals surface area contributed by atoms with Crippen molar-refractivity contribution >= 4 is 8.32 Å². The van der Waals surface area contributed by atoms with Crippen LogP contribution in [0.2, 0.25) is 19.6 Å². The van der Waals surface area contributed by atoms with E-state index in [0.29, 0.717) is 0 Å². The molecule has 0 radical (unpaired) electrons. The average molecular weight is 228 g/mol. The largest absolute Gasteiger partial charge is 0.544 e. The summed E-state index contributed by atoms with van der Waals surface area (Å²) in [6.07, 6.45) is 5.04. The molecule has 0 aliphatic carbocycles. The highest BCUT2D eigenvalue weighted by Gasteiger charge is 2.18. The molecular formula is C12H24O2Si. The van der Waals surface area contributed by atoms with Crippen molar-refractivity contribution < 1.29 is 9.16 Å². The van der Waals surface area contributed by atoms with Gasteiger partial charge in [0, 0.05) is 5.57 Å². The lowest BCUT2D eigenvalue weighted by Gasteiger charge is -2.22. The molecule has 0 fully saturated rings. The van der Waals surface area contributed by atoms with Crippen molar-refractivity contribution in [2.24, 2.45) is 0 Å². The molecule has 0 aromatic rings. The Bertz CT molecular complexity index is 226. The van der Waals surface area contributed by atoms with E-state index in [2.05, 4.69) is 33.1 Å². The van der Waals surface area contributed by atoms with Gasteiger partial charge in [0.25, 0.3) is 0 Å². The maximum Gasteiger partial charge on any atom is 0.242 e. The summed E-state index contributed by atoms with van der Waals surface area (Å²) in [6, 6.07) is 0. The van der Waals surface area contributed by atoms with Crippen LogP contribution in [0.4, 0.5) is 0 Å². The molecule has 0 saturated carbocycles. The molecule has 0 spiro atoms. The fraction of sp³-hybridized carbons (Fsp3) is 0.667. The van der Waals surface area contributed by atoms with Crippen molar-refractivity contribution in [3.05, 3.63) is 24.2 Å². The van der Waals surface area contributed by atoms with Crippen molar-refractivity contribution in [2.75, 3.05) is 7.11 Å². The Morgan fingerprint density at radius 1 is 1.33 bits per heavy atom. The first-order valence-corrected chi connectivity index (χ1v) is 8.91. The number of allylic oxidation sites excluding steroid dienone is 1. The van der Waals surface area contributed by atoms with Gasteiger partial charge in [0.15, 0.2) is 0 Å². The van der Waals surface area contributed by atoms with Crippen LogP contribution in [0.25, 0.3) is 0 Å². The van der Waals surface area contributed by atoms with Crippen molar-refractivity contribution in [3.8, 4) is 0 Å². The van der Waals surface area contributed by atoms with Crippen LogP contribution >= 0.6 is 0 Å². The molecular weight excluding hydrogens is 204 g/mol. The highest BCUT2D eigenvalue weighted by Crippen LogP contribution is 2.20. The van der Waals surface area contributed by atoms with Gasteiger partial charge in [-0.3, -0.25) is 0 Å². The van der Waals surface area contributed by atoms with E-state index in [1.54, 1.807) is 13.4 Å². The zero-order valence-electron chi connectivity index (χ0n) is 10.7. The van der Waals surface area contributed by atoms with E-state index in [9.17, 15) is 0 Å². The van der Waals surface area contributed by atoms with Gasteiger partial charge in [-0.2, -0.15) is 0 Å². The van der Waals surface area contributed by atoms with E-state index in [1.165, 1.54) is 6.42 Å². The maximum atomic E-state index is 5.85. The van der Waals surface area contributed by atoms with Crippen LogP contribution in [0.1, 0.15) is 26.2 Å². The fourth-order valence-corrected chi connectivity index (χ4v) is 2.08. The Morgan fingerprint density at radius 3 is 2.33 bits per heavy atom. The van der Waals surface area contributed by atoms with E-state index in [0.717, 1.165) is 24.2 Å². The minimum Gasteiger partial charge on any atom is -0.544 e. The predicted molar refractivity (Wildman–Crippen MR) is 68.2 cm³/mol. The van der Waals surface area contributed by atoms with Crippen molar-refractivity contribution in [3.63, 3.8) is 0 Å². The van der Waals surface area contributed by atoms with Gasteiger partial charge < -0.3 is 9.16 Å². The second-order valence-corrected chi connectivity index (χ2v) is 9.05. The summed E-state index contributed by atoms with van der Waals surface area (Å²) in [5.74, 6) is 0.782. The maximum absolute atomic E-state index is 5.85. The minimum atomic E-state index is -1.55. The van der Waals surface area contributed by atoms with E-state index < -0.39 is 8.32 Å². The molecule has 0 unspecified atom stereocenters. The summed E-state index contributed by atoms with van der Waals surface area (Å²) in [5, 5.41) is 0. The SMILES string of the molecule is C=C(O[Si](C)(C)C)C(=COC)CCCC. The quantitative estimate of drug-likeness (QED) is 0.371. The topological polar surface area (TPSA) is 18.5 Å². The number of ether oxygens (including phenoxy) is 1. The number of hydrogen-bond donors (Lipinski definition) is 0. The number of rotatable bonds is 7. The molecule has 0 aliphatic heterocycles. The van der Waals surface area contributed by atoms with Crippen molar-refractivity contribution in [1.29, 1.82) is 0 Å². The Kier molecular flexibility index (Phi) is 6.41. The molecule has 0 aromatic heterocycles. The van der Waals surface area contributed by atoms with Crippen LogP contribution in [0, 0.1) is 0 Å². The first-order valence-electron chi connectivity index (χ1n) is 5.51. The second-order valence-electron chi connectivity index (χ2n) is 4.62. The van der Waals surface area contributed by atoms with E-state index in [4.69, 9.17) is 9.16 Å². The monoisotopic (exact) mass is 228 g/mol. The zero-order valence-corrected chi connectivity index (χ0v) is 11.7. The number of hydrogen-bond acceptors (Lipinski definition) is 2. The summed E-state index contributed by atoms with van der Waals surface area (Å²) < 4.78 is 10.9. The molecule has 0 aliphatic rings. The van der Waals surface area contributed by atoms with Gasteiger partial charge in [-0.15, -0.1) is 0 Å². The highest BCUT2D eigenvalue weighted by atomic mass is 28.4. The van der Waals surface area contributed by atoms with Crippen LogP contribution in [-0.2, 0) is 9.16 Å². The lowest BCUT2D eigenvalue weighted by molar-refractivity contribution is 0.326. The highest BCUT2D eigenvalue weighted by molar-refractivity contribution is 6.70. The molecule has 2 nitrogen and oxygen atoms in total. The molecule has 0 saturated heterocycles. The Labute approximate surface area is 95.1 Å². The Hall–Kier alpha value is -0.703. The van der Waals surface area contributed by atoms with Gasteiger partial charge in [0.2, 0.25) is 8.32 Å². The van der Waals surface area contributed by atoms with E-state index in [1.807, 2.05) is 0 Å². The van der Waals surface area contributed by atoms with Crippen molar-refractivity contribution in [2.45, 2.75) is 45.8 Å². The van der Waals surface area contributed by atoms with Crippen LogP contribution in [0.5, 0.6) is 0 Å². The summed E-state index contributed by atoms with van der Waals surface area (Å²) in [4.78, 5) is 0. The van der Waals surface area contributed by atoms with Crippen LogP contribution in [-0.4, -0.2) is 15.4 Å². The summed E-state index contributed by atoms with van der Waals surface area (Å²) in [5.41, 5.74) is 1.08. The number of methoxy groups -OCH3 is 1. The molecule has 0 atom stereocenters. The van der Waals surface area contributed by atoms with Gasteiger partial charge >= 0.3 is 0 Å².